The van der Waals surface area contributed by atoms with Crippen molar-refractivity contribution in [3.63, 3.8) is 0 Å². The van der Waals surface area contributed by atoms with Crippen molar-refractivity contribution in [2.45, 2.75) is 32.2 Å². The first-order valence-electron chi connectivity index (χ1n) is 8.61. The second-order valence-corrected chi connectivity index (χ2v) is 6.40. The minimum Gasteiger partial charge on any atom is -0.396 e. The third-order valence-corrected chi connectivity index (χ3v) is 4.51. The predicted molar refractivity (Wildman–Crippen MR) is 92.3 cm³/mol. The Morgan fingerprint density at radius 1 is 1.30 bits per heavy atom. The average molecular weight is 319 g/mol. The summed E-state index contributed by atoms with van der Waals surface area (Å²) in [5.41, 5.74) is 1.02. The highest BCUT2D eigenvalue weighted by Crippen LogP contribution is 2.16. The summed E-state index contributed by atoms with van der Waals surface area (Å²) in [6, 6.07) is 9.44. The predicted octanol–water partition coefficient (Wildman–Crippen LogP) is 2.14. The van der Waals surface area contributed by atoms with E-state index < -0.39 is 0 Å². The highest BCUT2D eigenvalue weighted by atomic mass is 16.3. The molecule has 0 saturated carbocycles. The molecular formula is C18H29N3O2. The lowest BCUT2D eigenvalue weighted by atomic mass is 9.99. The lowest BCUT2D eigenvalue weighted by molar-refractivity contribution is 0.190. The number of carbonyl (C=O) groups excluding carboxylic acids is 1. The molecule has 1 aromatic carbocycles. The van der Waals surface area contributed by atoms with Gasteiger partial charge < -0.3 is 20.6 Å². The standard InChI is InChI=1S/C18H29N3O2/c1-15-7-11-21(12-8-15)13-10-19-18(23)20-17(9-14-22)16-5-3-2-4-6-16/h2-6,15,17,22H,7-14H2,1H3,(H2,19,20,23)/t17-/m1/s1. The van der Waals surface area contributed by atoms with Crippen LogP contribution in [0.3, 0.4) is 0 Å². The van der Waals surface area contributed by atoms with E-state index in [2.05, 4.69) is 22.5 Å². The van der Waals surface area contributed by atoms with Gasteiger partial charge in [-0.3, -0.25) is 0 Å². The molecule has 3 N–H and O–H groups in total. The van der Waals surface area contributed by atoms with Crippen LogP contribution in [0, 0.1) is 5.92 Å². The minimum atomic E-state index is -0.169. The molecule has 5 heteroatoms. The fourth-order valence-corrected chi connectivity index (χ4v) is 2.96. The Labute approximate surface area is 139 Å². The molecule has 1 heterocycles. The maximum Gasteiger partial charge on any atom is 0.315 e. The van der Waals surface area contributed by atoms with Crippen molar-refractivity contribution in [2.24, 2.45) is 5.92 Å². The summed E-state index contributed by atoms with van der Waals surface area (Å²) >= 11 is 0. The molecule has 2 amide bonds. The number of rotatable bonds is 7. The highest BCUT2D eigenvalue weighted by Gasteiger charge is 2.16. The summed E-state index contributed by atoms with van der Waals surface area (Å²) in [6.45, 7) is 6.15. The Bertz CT molecular complexity index is 459. The van der Waals surface area contributed by atoms with Gasteiger partial charge in [-0.25, -0.2) is 4.79 Å². The molecule has 1 aliphatic rings. The van der Waals surface area contributed by atoms with E-state index in [0.717, 1.165) is 31.1 Å². The maximum absolute atomic E-state index is 12.1. The average Bonchev–Trinajstić information content (AvgIpc) is 2.57. The van der Waals surface area contributed by atoms with E-state index in [1.165, 1.54) is 12.8 Å². The van der Waals surface area contributed by atoms with Crippen LogP contribution in [0.5, 0.6) is 0 Å². The summed E-state index contributed by atoms with van der Waals surface area (Å²) in [5, 5.41) is 15.1. The number of aliphatic hydroxyl groups is 1. The quantitative estimate of drug-likeness (QED) is 0.721. The topological polar surface area (TPSA) is 64.6 Å². The maximum atomic E-state index is 12.1. The van der Waals surface area contributed by atoms with Gasteiger partial charge in [-0.15, -0.1) is 0 Å². The van der Waals surface area contributed by atoms with Crippen LogP contribution in [0.2, 0.25) is 0 Å². The molecule has 5 nitrogen and oxygen atoms in total. The van der Waals surface area contributed by atoms with E-state index in [9.17, 15) is 9.90 Å². The zero-order valence-corrected chi connectivity index (χ0v) is 14.0. The normalized spacial score (nSPS) is 17.7. The number of nitrogens with one attached hydrogen (secondary N) is 2. The first-order chi connectivity index (χ1) is 11.2. The minimum absolute atomic E-state index is 0.0474. The Kier molecular flexibility index (Phi) is 7.36. The molecule has 1 atom stereocenters. The molecule has 1 aliphatic heterocycles. The number of carbonyl (C=O) groups is 1. The Hall–Kier alpha value is -1.59. The van der Waals surface area contributed by atoms with Gasteiger partial charge in [0.15, 0.2) is 0 Å². The van der Waals surface area contributed by atoms with Crippen LogP contribution in [0.25, 0.3) is 0 Å². The van der Waals surface area contributed by atoms with Gasteiger partial charge >= 0.3 is 6.03 Å². The van der Waals surface area contributed by atoms with E-state index in [4.69, 9.17) is 0 Å². The second kappa shape index (κ2) is 9.53. The van der Waals surface area contributed by atoms with Gasteiger partial charge in [-0.2, -0.15) is 0 Å². The van der Waals surface area contributed by atoms with E-state index in [1.54, 1.807) is 0 Å². The number of benzene rings is 1. The molecule has 1 fully saturated rings. The van der Waals surface area contributed by atoms with E-state index in [-0.39, 0.29) is 18.7 Å². The van der Waals surface area contributed by atoms with Crippen LogP contribution in [0.4, 0.5) is 4.79 Å². The molecular weight excluding hydrogens is 290 g/mol. The van der Waals surface area contributed by atoms with Crippen LogP contribution in [-0.4, -0.2) is 48.8 Å². The molecule has 0 unspecified atom stereocenters. The number of hydrogen-bond donors (Lipinski definition) is 3. The first kappa shape index (κ1) is 17.8. The number of aliphatic hydroxyl groups excluding tert-OH is 1. The van der Waals surface area contributed by atoms with Gasteiger partial charge in [0.25, 0.3) is 0 Å². The lowest BCUT2D eigenvalue weighted by Gasteiger charge is -2.30. The zero-order chi connectivity index (χ0) is 16.5. The molecule has 128 valence electrons. The van der Waals surface area contributed by atoms with Crippen molar-refractivity contribution < 1.29 is 9.90 Å². The molecule has 2 rings (SSSR count). The summed E-state index contributed by atoms with van der Waals surface area (Å²) in [4.78, 5) is 14.5. The van der Waals surface area contributed by atoms with Crippen LogP contribution >= 0.6 is 0 Å². The summed E-state index contributed by atoms with van der Waals surface area (Å²) in [7, 11) is 0. The van der Waals surface area contributed by atoms with Gasteiger partial charge in [-0.05, 0) is 43.8 Å². The van der Waals surface area contributed by atoms with Crippen LogP contribution in [-0.2, 0) is 0 Å². The molecule has 0 radical (unpaired) electrons. The highest BCUT2D eigenvalue weighted by molar-refractivity contribution is 5.74. The van der Waals surface area contributed by atoms with Gasteiger partial charge in [0.1, 0.15) is 0 Å². The summed E-state index contributed by atoms with van der Waals surface area (Å²) in [5.74, 6) is 0.827. The molecule has 0 spiro atoms. The van der Waals surface area contributed by atoms with Crippen molar-refractivity contribution in [3.8, 4) is 0 Å². The van der Waals surface area contributed by atoms with Gasteiger partial charge in [0.2, 0.25) is 0 Å². The Morgan fingerprint density at radius 2 is 2.00 bits per heavy atom. The van der Waals surface area contributed by atoms with Crippen LogP contribution in [0.15, 0.2) is 30.3 Å². The summed E-state index contributed by atoms with van der Waals surface area (Å²) < 4.78 is 0. The largest absolute Gasteiger partial charge is 0.396 e. The van der Waals surface area contributed by atoms with E-state index >= 15 is 0 Å². The lowest BCUT2D eigenvalue weighted by Crippen LogP contribution is -2.43. The first-order valence-corrected chi connectivity index (χ1v) is 8.61. The van der Waals surface area contributed by atoms with Gasteiger partial charge in [0, 0.05) is 19.7 Å². The van der Waals surface area contributed by atoms with Crippen molar-refractivity contribution in [1.29, 1.82) is 0 Å². The van der Waals surface area contributed by atoms with Crippen LogP contribution in [0.1, 0.15) is 37.8 Å². The van der Waals surface area contributed by atoms with Crippen molar-refractivity contribution in [2.75, 3.05) is 32.8 Å². The van der Waals surface area contributed by atoms with Crippen molar-refractivity contribution in [1.82, 2.24) is 15.5 Å². The molecule has 1 saturated heterocycles. The number of hydrogen-bond acceptors (Lipinski definition) is 3. The Morgan fingerprint density at radius 3 is 2.65 bits per heavy atom. The summed E-state index contributed by atoms with van der Waals surface area (Å²) in [6.07, 6.45) is 3.01. The van der Waals surface area contributed by atoms with Gasteiger partial charge in [0.05, 0.1) is 6.04 Å². The molecule has 0 aromatic heterocycles. The van der Waals surface area contributed by atoms with Crippen molar-refractivity contribution in [3.05, 3.63) is 35.9 Å². The zero-order valence-electron chi connectivity index (χ0n) is 14.0. The number of nitrogens with zero attached hydrogens (tertiary/aromatic N) is 1. The van der Waals surface area contributed by atoms with E-state index in [0.29, 0.717) is 13.0 Å². The number of likely N-dealkylation sites (tertiary alicyclic amines) is 1. The fourth-order valence-electron chi connectivity index (χ4n) is 2.96. The van der Waals surface area contributed by atoms with Crippen LogP contribution < -0.4 is 10.6 Å². The second-order valence-electron chi connectivity index (χ2n) is 6.40. The van der Waals surface area contributed by atoms with E-state index in [1.807, 2.05) is 30.3 Å². The van der Waals surface area contributed by atoms with Gasteiger partial charge in [-0.1, -0.05) is 37.3 Å². The third kappa shape index (κ3) is 6.20. The van der Waals surface area contributed by atoms with Crippen molar-refractivity contribution >= 4 is 6.03 Å². The SMILES string of the molecule is CC1CCN(CCNC(=O)N[C@H](CCO)c2ccccc2)CC1. The molecule has 0 aliphatic carbocycles. The smallest absolute Gasteiger partial charge is 0.315 e. The monoisotopic (exact) mass is 319 g/mol. The molecule has 1 aromatic rings. The number of amides is 2. The number of urea groups is 1. The fraction of sp³-hybridized carbons (Fsp3) is 0.611. The molecule has 23 heavy (non-hydrogen) atoms. The third-order valence-electron chi connectivity index (χ3n) is 4.51. The molecule has 0 bridgehead atoms. The Balaban J connectivity index is 1.72. The number of piperidine rings is 1.